The summed E-state index contributed by atoms with van der Waals surface area (Å²) in [5.41, 5.74) is 0.991. The summed E-state index contributed by atoms with van der Waals surface area (Å²) in [6.07, 6.45) is 1.17. The average Bonchev–Trinajstić information content (AvgIpc) is 3.10. The molecular weight excluding hydrogens is 486 g/mol. The highest BCUT2D eigenvalue weighted by molar-refractivity contribution is 7.99. The van der Waals surface area contributed by atoms with Crippen molar-refractivity contribution in [1.82, 2.24) is 9.88 Å². The molecule has 3 aromatic rings. The van der Waals surface area contributed by atoms with Crippen LogP contribution < -0.4 is 4.90 Å². The Morgan fingerprint density at radius 1 is 1.09 bits per heavy atom. The van der Waals surface area contributed by atoms with E-state index in [1.807, 2.05) is 49.3 Å². The zero-order valence-electron chi connectivity index (χ0n) is 18.7. The second-order valence-electron chi connectivity index (χ2n) is 7.82. The number of hydrogen-bond acceptors (Lipinski definition) is 7. The normalized spacial score (nSPS) is 11.7. The van der Waals surface area contributed by atoms with Gasteiger partial charge in [-0.15, -0.1) is 24.2 Å². The number of aromatic nitrogens is 1. The number of carbonyl (C=O) groups is 1. The molecule has 32 heavy (non-hydrogen) atoms. The predicted molar refractivity (Wildman–Crippen MR) is 138 cm³/mol. The number of thioether (sulfide) groups is 1. The van der Waals surface area contributed by atoms with E-state index in [2.05, 4.69) is 18.8 Å². The second-order valence-corrected chi connectivity index (χ2v) is 12.5. The van der Waals surface area contributed by atoms with Crippen LogP contribution in [-0.2, 0) is 9.84 Å². The standard InChI is InChI=1S/C22H27N3O3S3.ClH/c1-15(2)29-17-11-9-16(10-12-17)21(26)25(14-13-24(3)4)22-23-20-18(30-22)7-6-8-19(20)31(5,27)28;/h6-12,15H,13-14H2,1-5H3;1H. The van der Waals surface area contributed by atoms with Crippen molar-refractivity contribution in [2.24, 2.45) is 0 Å². The largest absolute Gasteiger partial charge is 0.308 e. The highest BCUT2D eigenvalue weighted by Gasteiger charge is 2.23. The van der Waals surface area contributed by atoms with Gasteiger partial charge in [0.25, 0.3) is 5.91 Å². The molecule has 0 atom stereocenters. The SMILES string of the molecule is CC(C)Sc1ccc(C(=O)N(CCN(C)C)c2nc3c(S(C)(=O)=O)cccc3s2)cc1.Cl. The Balaban J connectivity index is 0.00000363. The van der Waals surface area contributed by atoms with Crippen LogP contribution >= 0.6 is 35.5 Å². The van der Waals surface area contributed by atoms with Gasteiger partial charge in [-0.25, -0.2) is 13.4 Å². The minimum absolute atomic E-state index is 0. The Morgan fingerprint density at radius 2 is 1.75 bits per heavy atom. The summed E-state index contributed by atoms with van der Waals surface area (Å²) >= 11 is 3.07. The third-order valence-electron chi connectivity index (χ3n) is 4.49. The van der Waals surface area contributed by atoms with E-state index in [1.165, 1.54) is 17.6 Å². The summed E-state index contributed by atoms with van der Waals surface area (Å²) in [5, 5.41) is 0.962. The van der Waals surface area contributed by atoms with Crippen LogP contribution in [0.4, 0.5) is 5.13 Å². The van der Waals surface area contributed by atoms with Gasteiger partial charge in [-0.2, -0.15) is 0 Å². The van der Waals surface area contributed by atoms with Crippen molar-refractivity contribution in [3.63, 3.8) is 0 Å². The molecular formula is C22H28ClN3O3S3. The Kier molecular flexibility index (Phi) is 9.13. The molecule has 174 valence electrons. The summed E-state index contributed by atoms with van der Waals surface area (Å²) in [5.74, 6) is -0.150. The zero-order valence-corrected chi connectivity index (χ0v) is 22.0. The van der Waals surface area contributed by atoms with Crippen molar-refractivity contribution < 1.29 is 13.2 Å². The van der Waals surface area contributed by atoms with Crippen molar-refractivity contribution in [3.8, 4) is 0 Å². The minimum atomic E-state index is -3.42. The van der Waals surface area contributed by atoms with E-state index < -0.39 is 9.84 Å². The second kappa shape index (κ2) is 11.0. The third-order valence-corrected chi connectivity index (χ3v) is 7.68. The Morgan fingerprint density at radius 3 is 2.31 bits per heavy atom. The Hall–Kier alpha value is -1.65. The smallest absolute Gasteiger partial charge is 0.260 e. The number of likely N-dealkylation sites (N-methyl/N-ethyl adjacent to an activating group) is 1. The number of thiazole rings is 1. The molecule has 0 radical (unpaired) electrons. The lowest BCUT2D eigenvalue weighted by molar-refractivity contribution is 0.0985. The van der Waals surface area contributed by atoms with Gasteiger partial charge >= 0.3 is 0 Å². The topological polar surface area (TPSA) is 70.6 Å². The van der Waals surface area contributed by atoms with Crippen LogP contribution in [0.15, 0.2) is 52.3 Å². The molecule has 0 aliphatic heterocycles. The van der Waals surface area contributed by atoms with Crippen molar-refractivity contribution in [2.45, 2.75) is 28.9 Å². The molecule has 0 bridgehead atoms. The number of nitrogens with zero attached hydrogens (tertiary/aromatic N) is 3. The van der Waals surface area contributed by atoms with E-state index in [9.17, 15) is 13.2 Å². The lowest BCUT2D eigenvalue weighted by Crippen LogP contribution is -2.36. The number of para-hydroxylation sites is 1. The van der Waals surface area contributed by atoms with E-state index in [0.717, 1.165) is 9.60 Å². The number of amides is 1. The highest BCUT2D eigenvalue weighted by atomic mass is 35.5. The molecule has 0 N–H and O–H groups in total. The van der Waals surface area contributed by atoms with Gasteiger partial charge in [-0.1, -0.05) is 31.3 Å². The maximum absolute atomic E-state index is 13.4. The Labute approximate surface area is 204 Å². The van der Waals surface area contributed by atoms with Gasteiger partial charge in [0.2, 0.25) is 0 Å². The van der Waals surface area contributed by atoms with Crippen molar-refractivity contribution in [1.29, 1.82) is 0 Å². The number of fused-ring (bicyclic) bond motifs is 1. The minimum Gasteiger partial charge on any atom is -0.308 e. The lowest BCUT2D eigenvalue weighted by Gasteiger charge is -2.22. The van der Waals surface area contributed by atoms with Crippen LogP contribution in [0.3, 0.4) is 0 Å². The van der Waals surface area contributed by atoms with Crippen molar-refractivity contribution in [3.05, 3.63) is 48.0 Å². The van der Waals surface area contributed by atoms with Crippen molar-refractivity contribution in [2.75, 3.05) is 38.3 Å². The molecule has 3 rings (SSSR count). The maximum atomic E-state index is 13.4. The first kappa shape index (κ1) is 26.6. The van der Waals surface area contributed by atoms with Gasteiger partial charge < -0.3 is 4.90 Å². The fraction of sp³-hybridized carbons (Fsp3) is 0.364. The van der Waals surface area contributed by atoms with Crippen LogP contribution in [0.25, 0.3) is 10.2 Å². The summed E-state index contributed by atoms with van der Waals surface area (Å²) in [7, 11) is 0.466. The van der Waals surface area contributed by atoms with Gasteiger partial charge in [0.15, 0.2) is 15.0 Å². The fourth-order valence-electron chi connectivity index (χ4n) is 3.01. The number of benzene rings is 2. The van der Waals surface area contributed by atoms with E-state index in [-0.39, 0.29) is 23.2 Å². The third kappa shape index (κ3) is 6.45. The molecule has 6 nitrogen and oxygen atoms in total. The number of carbonyl (C=O) groups excluding carboxylic acids is 1. The Bertz CT molecular complexity index is 1180. The summed E-state index contributed by atoms with van der Waals surface area (Å²) in [6, 6.07) is 12.7. The number of rotatable bonds is 8. The molecule has 0 fully saturated rings. The van der Waals surface area contributed by atoms with Gasteiger partial charge in [0.05, 0.1) is 9.60 Å². The number of hydrogen-bond donors (Lipinski definition) is 0. The molecule has 0 spiro atoms. The first-order valence-corrected chi connectivity index (χ1v) is 13.5. The summed E-state index contributed by atoms with van der Waals surface area (Å²) < 4.78 is 25.1. The maximum Gasteiger partial charge on any atom is 0.260 e. The molecule has 0 aliphatic rings. The first-order valence-electron chi connectivity index (χ1n) is 9.89. The summed E-state index contributed by atoms with van der Waals surface area (Å²) in [4.78, 5) is 22.9. The quantitative estimate of drug-likeness (QED) is 0.402. The van der Waals surface area contributed by atoms with Gasteiger partial charge in [-0.05, 0) is 50.5 Å². The van der Waals surface area contributed by atoms with Gasteiger partial charge in [0, 0.05) is 35.1 Å². The lowest BCUT2D eigenvalue weighted by atomic mass is 10.2. The van der Waals surface area contributed by atoms with Crippen LogP contribution in [-0.4, -0.2) is 62.9 Å². The van der Waals surface area contributed by atoms with E-state index in [0.29, 0.717) is 34.6 Å². The molecule has 0 aliphatic carbocycles. The molecule has 0 saturated carbocycles. The molecule has 0 unspecified atom stereocenters. The molecule has 0 saturated heterocycles. The fourth-order valence-corrected chi connectivity index (χ4v) is 5.77. The molecule has 1 heterocycles. The van der Waals surface area contributed by atoms with E-state index in [1.54, 1.807) is 28.8 Å². The van der Waals surface area contributed by atoms with Crippen LogP contribution in [0, 0.1) is 0 Å². The van der Waals surface area contributed by atoms with E-state index in [4.69, 9.17) is 0 Å². The predicted octanol–water partition coefficient (Wildman–Crippen LogP) is 4.83. The van der Waals surface area contributed by atoms with Crippen LogP contribution in [0.5, 0.6) is 0 Å². The van der Waals surface area contributed by atoms with Crippen molar-refractivity contribution >= 4 is 66.6 Å². The number of sulfone groups is 1. The summed E-state index contributed by atoms with van der Waals surface area (Å²) in [6.45, 7) is 5.36. The average molecular weight is 514 g/mol. The van der Waals surface area contributed by atoms with E-state index >= 15 is 0 Å². The number of anilines is 1. The molecule has 10 heteroatoms. The first-order chi connectivity index (χ1) is 14.6. The zero-order chi connectivity index (χ0) is 22.8. The molecule has 1 amide bonds. The molecule has 2 aromatic carbocycles. The number of halogens is 1. The van der Waals surface area contributed by atoms with Crippen LogP contribution in [0.2, 0.25) is 0 Å². The van der Waals surface area contributed by atoms with Crippen LogP contribution in [0.1, 0.15) is 24.2 Å². The highest BCUT2D eigenvalue weighted by Crippen LogP contribution is 2.33. The monoisotopic (exact) mass is 513 g/mol. The van der Waals surface area contributed by atoms with Gasteiger partial charge in [0.1, 0.15) is 5.52 Å². The molecule has 1 aromatic heterocycles. The van der Waals surface area contributed by atoms with Gasteiger partial charge in [-0.3, -0.25) is 9.69 Å².